The van der Waals surface area contributed by atoms with Crippen molar-refractivity contribution in [2.24, 2.45) is 0 Å². The van der Waals surface area contributed by atoms with Gasteiger partial charge in [-0.1, -0.05) is 62.6 Å². The molecule has 0 N–H and O–H groups in total. The number of rotatable bonds is 6. The lowest BCUT2D eigenvalue weighted by Crippen LogP contribution is -2.07. The van der Waals surface area contributed by atoms with E-state index in [0.29, 0.717) is 12.2 Å². The van der Waals surface area contributed by atoms with Crippen LogP contribution in [0.2, 0.25) is 0 Å². The van der Waals surface area contributed by atoms with Gasteiger partial charge in [-0.2, -0.15) is 0 Å². The minimum Gasteiger partial charge on any atom is -0.426 e. The van der Waals surface area contributed by atoms with Crippen LogP contribution < -0.4 is 4.74 Å². The molecule has 2 aromatic rings. The van der Waals surface area contributed by atoms with Crippen LogP contribution in [0.15, 0.2) is 42.5 Å². The van der Waals surface area contributed by atoms with Gasteiger partial charge in [0.05, 0.1) is 0 Å². The van der Waals surface area contributed by atoms with Gasteiger partial charge in [0.2, 0.25) is 0 Å². The van der Waals surface area contributed by atoms with Crippen molar-refractivity contribution in [1.82, 2.24) is 0 Å². The number of carbonyl (C=O) groups excluding carboxylic acids is 1. The fourth-order valence-corrected chi connectivity index (χ4v) is 2.15. The number of carbonyl (C=O) groups is 1. The predicted octanol–water partition coefficient (Wildman–Crippen LogP) is 4.72. The molecule has 0 bridgehead atoms. The first-order valence-electron chi connectivity index (χ1n) is 6.99. The minimum absolute atomic E-state index is 0.132. The average molecular weight is 256 g/mol. The first kappa shape index (κ1) is 13.6. The minimum atomic E-state index is -0.132. The van der Waals surface area contributed by atoms with E-state index in [1.165, 1.54) is 12.8 Å². The van der Waals surface area contributed by atoms with Gasteiger partial charge >= 0.3 is 5.97 Å². The van der Waals surface area contributed by atoms with Crippen molar-refractivity contribution in [3.05, 3.63) is 42.5 Å². The van der Waals surface area contributed by atoms with E-state index in [1.54, 1.807) is 0 Å². The molecule has 2 rings (SSSR count). The maximum absolute atomic E-state index is 11.8. The predicted molar refractivity (Wildman–Crippen MR) is 78.3 cm³/mol. The van der Waals surface area contributed by atoms with Gasteiger partial charge in [-0.3, -0.25) is 4.79 Å². The molecule has 19 heavy (non-hydrogen) atoms. The molecular formula is C17H20O2. The van der Waals surface area contributed by atoms with Gasteiger partial charge in [-0.05, 0) is 17.9 Å². The van der Waals surface area contributed by atoms with E-state index in [0.717, 1.165) is 23.6 Å². The Kier molecular flexibility index (Phi) is 4.96. The molecule has 0 heterocycles. The van der Waals surface area contributed by atoms with Gasteiger partial charge in [0, 0.05) is 11.8 Å². The van der Waals surface area contributed by atoms with Gasteiger partial charge in [-0.25, -0.2) is 0 Å². The molecule has 0 saturated heterocycles. The van der Waals surface area contributed by atoms with Gasteiger partial charge in [0.1, 0.15) is 5.75 Å². The van der Waals surface area contributed by atoms with Crippen molar-refractivity contribution in [2.75, 3.05) is 0 Å². The van der Waals surface area contributed by atoms with Crippen LogP contribution in [0, 0.1) is 0 Å². The summed E-state index contributed by atoms with van der Waals surface area (Å²) in [4.78, 5) is 11.8. The summed E-state index contributed by atoms with van der Waals surface area (Å²) in [6.45, 7) is 2.16. The summed E-state index contributed by atoms with van der Waals surface area (Å²) in [5.74, 6) is 0.533. The molecule has 0 amide bonds. The van der Waals surface area contributed by atoms with Crippen LogP contribution in [-0.4, -0.2) is 5.97 Å². The zero-order valence-corrected chi connectivity index (χ0v) is 11.4. The Hall–Kier alpha value is -1.83. The van der Waals surface area contributed by atoms with E-state index >= 15 is 0 Å². The van der Waals surface area contributed by atoms with Crippen LogP contribution >= 0.6 is 0 Å². The number of esters is 1. The molecule has 0 radical (unpaired) electrons. The van der Waals surface area contributed by atoms with E-state index < -0.39 is 0 Å². The zero-order valence-electron chi connectivity index (χ0n) is 11.4. The Morgan fingerprint density at radius 3 is 2.63 bits per heavy atom. The van der Waals surface area contributed by atoms with Crippen LogP contribution in [0.3, 0.4) is 0 Å². The molecule has 2 aromatic carbocycles. The summed E-state index contributed by atoms with van der Waals surface area (Å²) in [7, 11) is 0. The quantitative estimate of drug-likeness (QED) is 0.425. The molecule has 0 unspecified atom stereocenters. The van der Waals surface area contributed by atoms with Crippen molar-refractivity contribution in [1.29, 1.82) is 0 Å². The number of fused-ring (bicyclic) bond motifs is 1. The molecule has 0 aliphatic carbocycles. The third-order valence-corrected chi connectivity index (χ3v) is 3.21. The molecule has 0 saturated carbocycles. The Bertz CT molecular complexity index is 540. The van der Waals surface area contributed by atoms with Crippen molar-refractivity contribution in [3.63, 3.8) is 0 Å². The number of hydrogen-bond acceptors (Lipinski definition) is 2. The van der Waals surface area contributed by atoms with Crippen LogP contribution in [0.25, 0.3) is 10.8 Å². The van der Waals surface area contributed by atoms with Crippen LogP contribution in [0.4, 0.5) is 0 Å². The van der Waals surface area contributed by atoms with Gasteiger partial charge in [0.15, 0.2) is 0 Å². The van der Waals surface area contributed by atoms with E-state index in [1.807, 2.05) is 42.5 Å². The second kappa shape index (κ2) is 6.93. The third-order valence-electron chi connectivity index (χ3n) is 3.21. The van der Waals surface area contributed by atoms with E-state index in [4.69, 9.17) is 4.74 Å². The van der Waals surface area contributed by atoms with E-state index in [9.17, 15) is 4.79 Å². The van der Waals surface area contributed by atoms with Crippen LogP contribution in [0.5, 0.6) is 5.75 Å². The van der Waals surface area contributed by atoms with E-state index in [-0.39, 0.29) is 5.97 Å². The molecule has 2 heteroatoms. The highest BCUT2D eigenvalue weighted by Crippen LogP contribution is 2.25. The summed E-state index contributed by atoms with van der Waals surface area (Å²) < 4.78 is 5.47. The maximum atomic E-state index is 11.8. The van der Waals surface area contributed by atoms with Crippen LogP contribution in [-0.2, 0) is 4.79 Å². The SMILES string of the molecule is CCCCCCC(=O)Oc1cccc2ccccc12. The monoisotopic (exact) mass is 256 g/mol. The number of hydrogen-bond donors (Lipinski definition) is 0. The summed E-state index contributed by atoms with van der Waals surface area (Å²) >= 11 is 0. The summed E-state index contributed by atoms with van der Waals surface area (Å²) in [5.41, 5.74) is 0. The Morgan fingerprint density at radius 1 is 1.00 bits per heavy atom. The molecule has 0 aliphatic rings. The molecule has 0 spiro atoms. The maximum Gasteiger partial charge on any atom is 0.311 e. The lowest BCUT2D eigenvalue weighted by atomic mass is 10.1. The second-order valence-electron chi connectivity index (χ2n) is 4.76. The first-order chi connectivity index (χ1) is 9.31. The zero-order chi connectivity index (χ0) is 13.5. The molecular weight excluding hydrogens is 236 g/mol. The van der Waals surface area contributed by atoms with E-state index in [2.05, 4.69) is 6.92 Å². The third kappa shape index (κ3) is 3.82. The Morgan fingerprint density at radius 2 is 1.79 bits per heavy atom. The highest BCUT2D eigenvalue weighted by Gasteiger charge is 2.07. The number of benzene rings is 2. The molecule has 0 atom stereocenters. The molecule has 100 valence electrons. The van der Waals surface area contributed by atoms with Crippen molar-refractivity contribution >= 4 is 16.7 Å². The number of unbranched alkanes of at least 4 members (excludes halogenated alkanes) is 3. The largest absolute Gasteiger partial charge is 0.426 e. The number of ether oxygens (including phenoxy) is 1. The lowest BCUT2D eigenvalue weighted by molar-refractivity contribution is -0.134. The Labute approximate surface area is 114 Å². The normalized spacial score (nSPS) is 10.6. The van der Waals surface area contributed by atoms with Crippen molar-refractivity contribution in [2.45, 2.75) is 39.0 Å². The first-order valence-corrected chi connectivity index (χ1v) is 6.99. The van der Waals surface area contributed by atoms with Crippen molar-refractivity contribution < 1.29 is 9.53 Å². The standard InChI is InChI=1S/C17H20O2/c1-2-3-4-5-13-17(18)19-16-12-8-10-14-9-6-7-11-15(14)16/h6-12H,2-5,13H2,1H3. The van der Waals surface area contributed by atoms with Gasteiger partial charge < -0.3 is 4.74 Å². The smallest absolute Gasteiger partial charge is 0.311 e. The molecule has 0 aliphatic heterocycles. The highest BCUT2D eigenvalue weighted by molar-refractivity contribution is 5.90. The topological polar surface area (TPSA) is 26.3 Å². The lowest BCUT2D eigenvalue weighted by Gasteiger charge is -2.07. The summed E-state index contributed by atoms with van der Waals surface area (Å²) in [6.07, 6.45) is 4.88. The molecule has 2 nitrogen and oxygen atoms in total. The van der Waals surface area contributed by atoms with Gasteiger partial charge in [-0.15, -0.1) is 0 Å². The molecule has 0 fully saturated rings. The van der Waals surface area contributed by atoms with Gasteiger partial charge in [0.25, 0.3) is 0 Å². The van der Waals surface area contributed by atoms with Crippen LogP contribution in [0.1, 0.15) is 39.0 Å². The Balaban J connectivity index is 1.99. The summed E-state index contributed by atoms with van der Waals surface area (Å²) in [5, 5.41) is 2.09. The highest BCUT2D eigenvalue weighted by atomic mass is 16.5. The van der Waals surface area contributed by atoms with Crippen molar-refractivity contribution in [3.8, 4) is 5.75 Å². The second-order valence-corrected chi connectivity index (χ2v) is 4.76. The fraction of sp³-hybridized carbons (Fsp3) is 0.353. The summed E-state index contributed by atoms with van der Waals surface area (Å²) in [6, 6.07) is 13.7. The average Bonchev–Trinajstić information content (AvgIpc) is 2.44. The molecule has 0 aromatic heterocycles. The fourth-order valence-electron chi connectivity index (χ4n) is 2.15.